The van der Waals surface area contributed by atoms with Crippen LogP contribution >= 0.6 is 11.6 Å². The van der Waals surface area contributed by atoms with Crippen LogP contribution in [0.2, 0.25) is 5.02 Å². The molecule has 7 heteroatoms. The summed E-state index contributed by atoms with van der Waals surface area (Å²) in [6.45, 7) is 0. The van der Waals surface area contributed by atoms with Gasteiger partial charge < -0.3 is 5.73 Å². The second-order valence-electron chi connectivity index (χ2n) is 4.34. The molecule has 3 aromatic rings. The summed E-state index contributed by atoms with van der Waals surface area (Å²) in [6, 6.07) is 8.24. The second-order valence-corrected chi connectivity index (χ2v) is 4.74. The first kappa shape index (κ1) is 13.3. The molecule has 2 N–H and O–H groups in total. The zero-order valence-electron chi connectivity index (χ0n) is 10.4. The van der Waals surface area contributed by atoms with Crippen molar-refractivity contribution in [3.05, 3.63) is 52.6 Å². The molecule has 3 rings (SSSR count). The Bertz CT molecular complexity index is 911. The van der Waals surface area contributed by atoms with Gasteiger partial charge in [-0.15, -0.1) is 0 Å². The fraction of sp³-hybridized carbons (Fsp3) is 0. The summed E-state index contributed by atoms with van der Waals surface area (Å²) in [7, 11) is 0. The quantitative estimate of drug-likeness (QED) is 0.749. The molecule has 0 amide bonds. The summed E-state index contributed by atoms with van der Waals surface area (Å²) in [5, 5.41) is 8.81. The van der Waals surface area contributed by atoms with E-state index in [1.807, 2.05) is 0 Å². The van der Waals surface area contributed by atoms with E-state index in [1.54, 1.807) is 6.07 Å². The van der Waals surface area contributed by atoms with E-state index in [2.05, 4.69) is 4.98 Å². The maximum absolute atomic E-state index is 13.4. The molecule has 0 aliphatic rings. The standard InChI is InChI=1S/C14H7ClF2N4/c15-9-4-13-12(5-11(9)17)20-14(19)21(13)8-1-2-10(16)7(3-8)6-18/h1-5H,(H2,19,20). The molecule has 0 aliphatic heterocycles. The number of nitriles is 1. The van der Waals surface area contributed by atoms with Crippen molar-refractivity contribution < 1.29 is 8.78 Å². The van der Waals surface area contributed by atoms with E-state index in [-0.39, 0.29) is 16.5 Å². The third kappa shape index (κ3) is 2.08. The molecule has 21 heavy (non-hydrogen) atoms. The minimum atomic E-state index is -0.631. The van der Waals surface area contributed by atoms with Crippen LogP contribution in [0.25, 0.3) is 16.7 Å². The normalized spacial score (nSPS) is 10.8. The third-order valence-corrected chi connectivity index (χ3v) is 3.34. The Morgan fingerprint density at radius 1 is 1.19 bits per heavy atom. The zero-order valence-corrected chi connectivity index (χ0v) is 11.2. The fourth-order valence-electron chi connectivity index (χ4n) is 2.10. The number of nitrogens with zero attached hydrogens (tertiary/aromatic N) is 3. The first-order valence-corrected chi connectivity index (χ1v) is 6.22. The highest BCUT2D eigenvalue weighted by molar-refractivity contribution is 6.31. The van der Waals surface area contributed by atoms with Gasteiger partial charge in [0.1, 0.15) is 17.7 Å². The van der Waals surface area contributed by atoms with Crippen LogP contribution in [-0.2, 0) is 0 Å². The average molecular weight is 305 g/mol. The summed E-state index contributed by atoms with van der Waals surface area (Å²) in [6.07, 6.45) is 0. The number of nitrogen functional groups attached to an aromatic ring is 1. The van der Waals surface area contributed by atoms with Crippen molar-refractivity contribution in [3.63, 3.8) is 0 Å². The molecule has 4 nitrogen and oxygen atoms in total. The molecule has 2 aromatic carbocycles. The van der Waals surface area contributed by atoms with Crippen LogP contribution < -0.4 is 5.73 Å². The largest absolute Gasteiger partial charge is 0.369 e. The van der Waals surface area contributed by atoms with Gasteiger partial charge in [-0.25, -0.2) is 13.8 Å². The third-order valence-electron chi connectivity index (χ3n) is 3.05. The molecule has 0 spiro atoms. The number of nitrogens with two attached hydrogens (primary N) is 1. The molecule has 1 heterocycles. The number of benzene rings is 2. The molecule has 0 aliphatic carbocycles. The van der Waals surface area contributed by atoms with Gasteiger partial charge in [0.2, 0.25) is 5.95 Å². The summed E-state index contributed by atoms with van der Waals surface area (Å²) in [5.74, 6) is -1.15. The molecule has 1 aromatic heterocycles. The van der Waals surface area contributed by atoms with Crippen LogP contribution in [-0.4, -0.2) is 9.55 Å². The second kappa shape index (κ2) is 4.72. The van der Waals surface area contributed by atoms with E-state index in [1.165, 1.54) is 28.8 Å². The van der Waals surface area contributed by atoms with Gasteiger partial charge in [-0.2, -0.15) is 5.26 Å². The summed E-state index contributed by atoms with van der Waals surface area (Å²) in [4.78, 5) is 4.03. The molecule has 0 saturated carbocycles. The van der Waals surface area contributed by atoms with Crippen molar-refractivity contribution in [1.29, 1.82) is 5.26 Å². The van der Waals surface area contributed by atoms with E-state index in [4.69, 9.17) is 22.6 Å². The topological polar surface area (TPSA) is 67.6 Å². The Labute approximate surface area is 123 Å². The monoisotopic (exact) mass is 304 g/mol. The molecule has 104 valence electrons. The van der Waals surface area contributed by atoms with Crippen molar-refractivity contribution in [1.82, 2.24) is 9.55 Å². The van der Waals surface area contributed by atoms with Crippen LogP contribution in [0.15, 0.2) is 30.3 Å². The van der Waals surface area contributed by atoms with Crippen LogP contribution in [0.5, 0.6) is 0 Å². The van der Waals surface area contributed by atoms with Gasteiger partial charge in [-0.1, -0.05) is 11.6 Å². The van der Waals surface area contributed by atoms with Crippen LogP contribution in [0.3, 0.4) is 0 Å². The van der Waals surface area contributed by atoms with Gasteiger partial charge in [-0.3, -0.25) is 4.57 Å². The van der Waals surface area contributed by atoms with Crippen LogP contribution in [0.4, 0.5) is 14.7 Å². The van der Waals surface area contributed by atoms with Gasteiger partial charge in [0.25, 0.3) is 0 Å². The smallest absolute Gasteiger partial charge is 0.205 e. The number of aromatic nitrogens is 2. The maximum Gasteiger partial charge on any atom is 0.205 e. The van der Waals surface area contributed by atoms with Crippen LogP contribution in [0.1, 0.15) is 5.56 Å². The lowest BCUT2D eigenvalue weighted by molar-refractivity contribution is 0.623. The predicted octanol–water partition coefficient (Wildman–Crippen LogP) is 3.41. The highest BCUT2D eigenvalue weighted by atomic mass is 35.5. The molecule has 0 bridgehead atoms. The summed E-state index contributed by atoms with van der Waals surface area (Å²) in [5.41, 5.74) is 6.93. The number of imidazole rings is 1. The number of fused-ring (bicyclic) bond motifs is 1. The van der Waals surface area contributed by atoms with E-state index in [9.17, 15) is 8.78 Å². The van der Waals surface area contributed by atoms with Crippen LogP contribution in [0, 0.1) is 23.0 Å². The number of hydrogen-bond acceptors (Lipinski definition) is 3. The summed E-state index contributed by atoms with van der Waals surface area (Å²) < 4.78 is 28.3. The van der Waals surface area contributed by atoms with Gasteiger partial charge >= 0.3 is 0 Å². The number of hydrogen-bond donors (Lipinski definition) is 1. The van der Waals surface area contributed by atoms with Crippen molar-refractivity contribution in [2.75, 3.05) is 5.73 Å². The minimum Gasteiger partial charge on any atom is -0.369 e. The summed E-state index contributed by atoms with van der Waals surface area (Å²) >= 11 is 5.77. The Balaban J connectivity index is 2.32. The Morgan fingerprint density at radius 3 is 2.67 bits per heavy atom. The predicted molar refractivity (Wildman–Crippen MR) is 75.1 cm³/mol. The lowest BCUT2D eigenvalue weighted by Gasteiger charge is -2.07. The maximum atomic E-state index is 13.4. The zero-order chi connectivity index (χ0) is 15.1. The van der Waals surface area contributed by atoms with Gasteiger partial charge in [0, 0.05) is 6.07 Å². The van der Waals surface area contributed by atoms with E-state index in [0.29, 0.717) is 16.7 Å². The van der Waals surface area contributed by atoms with Gasteiger partial charge in [0.15, 0.2) is 0 Å². The van der Waals surface area contributed by atoms with Crippen molar-refractivity contribution in [3.8, 4) is 11.8 Å². The molecule has 0 unspecified atom stereocenters. The Kier molecular flexibility index (Phi) is 3.00. The van der Waals surface area contributed by atoms with Crippen molar-refractivity contribution in [2.45, 2.75) is 0 Å². The lowest BCUT2D eigenvalue weighted by Crippen LogP contribution is -2.01. The first-order chi connectivity index (χ1) is 10.0. The number of anilines is 1. The minimum absolute atomic E-state index is 0.0775. The fourth-order valence-corrected chi connectivity index (χ4v) is 2.26. The van der Waals surface area contributed by atoms with E-state index >= 15 is 0 Å². The van der Waals surface area contributed by atoms with E-state index < -0.39 is 11.6 Å². The molecule has 0 radical (unpaired) electrons. The molecular formula is C14H7ClF2N4. The molecular weight excluding hydrogens is 298 g/mol. The van der Waals surface area contributed by atoms with Crippen molar-refractivity contribution >= 4 is 28.6 Å². The van der Waals surface area contributed by atoms with E-state index in [0.717, 1.165) is 6.07 Å². The van der Waals surface area contributed by atoms with Gasteiger partial charge in [0.05, 0.1) is 27.3 Å². The van der Waals surface area contributed by atoms with Gasteiger partial charge in [-0.05, 0) is 24.3 Å². The number of halogens is 3. The Hall–Kier alpha value is -2.65. The first-order valence-electron chi connectivity index (χ1n) is 5.84. The highest BCUT2D eigenvalue weighted by Gasteiger charge is 2.14. The average Bonchev–Trinajstić information content (AvgIpc) is 2.75. The highest BCUT2D eigenvalue weighted by Crippen LogP contribution is 2.28. The number of rotatable bonds is 1. The molecule has 0 fully saturated rings. The molecule has 0 atom stereocenters. The Morgan fingerprint density at radius 2 is 1.95 bits per heavy atom. The SMILES string of the molecule is N#Cc1cc(-n2c(N)nc3cc(F)c(Cl)cc32)ccc1F. The lowest BCUT2D eigenvalue weighted by atomic mass is 10.2. The molecule has 0 saturated heterocycles. The van der Waals surface area contributed by atoms with Crippen molar-refractivity contribution in [2.24, 2.45) is 0 Å².